The molecule has 0 saturated carbocycles. The highest BCUT2D eigenvalue weighted by molar-refractivity contribution is 6.30. The Labute approximate surface area is 134 Å². The van der Waals surface area contributed by atoms with Gasteiger partial charge in [0.15, 0.2) is 0 Å². The molecule has 106 valence electrons. The maximum Gasteiger partial charge on any atom is 0.0784 e. The lowest BCUT2D eigenvalue weighted by molar-refractivity contribution is 1.19. The number of hydrogen-bond acceptors (Lipinski definition) is 1. The maximum absolute atomic E-state index is 6.16. The first kappa shape index (κ1) is 13.3. The van der Waals surface area contributed by atoms with Gasteiger partial charge in [0.1, 0.15) is 0 Å². The summed E-state index contributed by atoms with van der Waals surface area (Å²) in [6.07, 6.45) is 0.853. The van der Waals surface area contributed by atoms with E-state index in [0.717, 1.165) is 28.4 Å². The third kappa shape index (κ3) is 2.34. The van der Waals surface area contributed by atoms with Crippen LogP contribution in [0.4, 0.5) is 5.69 Å². The first-order valence-corrected chi connectivity index (χ1v) is 7.70. The van der Waals surface area contributed by atoms with Crippen LogP contribution in [0.2, 0.25) is 5.02 Å². The number of nitrogens with zero attached hydrogens (tertiary/aromatic N) is 1. The minimum absolute atomic E-state index is 0.759. The highest BCUT2D eigenvalue weighted by Crippen LogP contribution is 2.32. The molecule has 1 aliphatic rings. The zero-order valence-electron chi connectivity index (χ0n) is 12.0. The summed E-state index contributed by atoms with van der Waals surface area (Å²) in [5.74, 6) is 0. The Morgan fingerprint density at radius 2 is 1.55 bits per heavy atom. The number of fused-ring (bicyclic) bond motifs is 2. The summed E-state index contributed by atoms with van der Waals surface area (Å²) in [7, 11) is 0. The molecule has 0 radical (unpaired) electrons. The number of halogens is 1. The Balaban J connectivity index is 2.00. The number of aliphatic imine (C=N–C) groups is 1. The van der Waals surface area contributed by atoms with Crippen LogP contribution in [0, 0.1) is 0 Å². The zero-order chi connectivity index (χ0) is 14.9. The molecule has 1 heterocycles. The number of rotatable bonds is 1. The monoisotopic (exact) mass is 303 g/mol. The van der Waals surface area contributed by atoms with E-state index in [4.69, 9.17) is 16.6 Å². The lowest BCUT2D eigenvalue weighted by Gasteiger charge is -2.09. The van der Waals surface area contributed by atoms with Crippen molar-refractivity contribution < 1.29 is 0 Å². The number of hydrogen-bond donors (Lipinski definition) is 0. The molecule has 0 atom stereocenters. The molecule has 2 heteroatoms. The molecule has 1 nitrogen and oxygen atoms in total. The Bertz CT molecular complexity index is 866. The molecule has 0 saturated heterocycles. The molecule has 1 aliphatic heterocycles. The van der Waals surface area contributed by atoms with Crippen molar-refractivity contribution in [1.29, 1.82) is 0 Å². The Morgan fingerprint density at radius 3 is 2.41 bits per heavy atom. The Hall–Kier alpha value is -2.38. The molecule has 0 fully saturated rings. The summed E-state index contributed by atoms with van der Waals surface area (Å²) in [6, 6.07) is 24.7. The van der Waals surface area contributed by atoms with Gasteiger partial charge in [0.25, 0.3) is 0 Å². The molecule has 22 heavy (non-hydrogen) atoms. The fourth-order valence-corrected chi connectivity index (χ4v) is 3.11. The van der Waals surface area contributed by atoms with Gasteiger partial charge in [0.05, 0.1) is 11.4 Å². The third-order valence-electron chi connectivity index (χ3n) is 3.97. The Kier molecular flexibility index (Phi) is 3.28. The first-order chi connectivity index (χ1) is 10.8. The fraction of sp³-hybridized carbons (Fsp3) is 0.0500. The van der Waals surface area contributed by atoms with E-state index < -0.39 is 0 Å². The van der Waals surface area contributed by atoms with Crippen LogP contribution in [-0.2, 0) is 6.42 Å². The van der Waals surface area contributed by atoms with Gasteiger partial charge in [-0.15, -0.1) is 0 Å². The van der Waals surface area contributed by atoms with E-state index in [-0.39, 0.29) is 0 Å². The summed E-state index contributed by atoms with van der Waals surface area (Å²) in [5.41, 5.74) is 6.81. The van der Waals surface area contributed by atoms with Crippen molar-refractivity contribution in [2.75, 3.05) is 0 Å². The van der Waals surface area contributed by atoms with Crippen molar-refractivity contribution in [1.82, 2.24) is 0 Å². The van der Waals surface area contributed by atoms with E-state index in [1.807, 2.05) is 36.4 Å². The molecule has 0 N–H and O–H groups in total. The van der Waals surface area contributed by atoms with Crippen LogP contribution < -0.4 is 0 Å². The van der Waals surface area contributed by atoms with Crippen molar-refractivity contribution in [3.8, 4) is 0 Å². The summed E-state index contributed by atoms with van der Waals surface area (Å²) in [4.78, 5) is 4.95. The maximum atomic E-state index is 6.16. The van der Waals surface area contributed by atoms with Crippen LogP contribution in [0.3, 0.4) is 0 Å². The largest absolute Gasteiger partial charge is 0.247 e. The summed E-state index contributed by atoms with van der Waals surface area (Å²) >= 11 is 6.16. The van der Waals surface area contributed by atoms with Crippen molar-refractivity contribution >= 4 is 23.0 Å². The molecule has 0 aliphatic carbocycles. The molecule has 3 aromatic rings. The second-order valence-corrected chi connectivity index (χ2v) is 5.87. The van der Waals surface area contributed by atoms with Crippen LogP contribution in [0.1, 0.15) is 22.3 Å². The lowest BCUT2D eigenvalue weighted by atomic mass is 9.95. The van der Waals surface area contributed by atoms with Gasteiger partial charge < -0.3 is 0 Å². The fourth-order valence-electron chi connectivity index (χ4n) is 2.91. The minimum Gasteiger partial charge on any atom is -0.247 e. The molecule has 4 rings (SSSR count). The quantitative estimate of drug-likeness (QED) is 0.445. The van der Waals surface area contributed by atoms with E-state index in [9.17, 15) is 0 Å². The second-order valence-electron chi connectivity index (χ2n) is 5.43. The van der Waals surface area contributed by atoms with Gasteiger partial charge in [-0.3, -0.25) is 0 Å². The average Bonchev–Trinajstić information content (AvgIpc) is 2.72. The topological polar surface area (TPSA) is 12.4 Å². The zero-order valence-corrected chi connectivity index (χ0v) is 12.7. The van der Waals surface area contributed by atoms with E-state index in [1.54, 1.807) is 0 Å². The summed E-state index contributed by atoms with van der Waals surface area (Å²) < 4.78 is 0. The van der Waals surface area contributed by atoms with Gasteiger partial charge in [0, 0.05) is 22.6 Å². The van der Waals surface area contributed by atoms with Crippen molar-refractivity contribution in [2.24, 2.45) is 4.99 Å². The van der Waals surface area contributed by atoms with Gasteiger partial charge in [0.2, 0.25) is 0 Å². The molecule has 0 bridgehead atoms. The molecule has 0 spiro atoms. The van der Waals surface area contributed by atoms with E-state index in [0.29, 0.717) is 0 Å². The lowest BCUT2D eigenvalue weighted by Crippen LogP contribution is -2.05. The van der Waals surface area contributed by atoms with E-state index in [2.05, 4.69) is 36.4 Å². The van der Waals surface area contributed by atoms with Gasteiger partial charge in [-0.2, -0.15) is 0 Å². The molecule has 0 amide bonds. The predicted octanol–water partition coefficient (Wildman–Crippen LogP) is 5.41. The van der Waals surface area contributed by atoms with Crippen LogP contribution in [0.5, 0.6) is 0 Å². The highest BCUT2D eigenvalue weighted by Gasteiger charge is 2.17. The van der Waals surface area contributed by atoms with Gasteiger partial charge >= 0.3 is 0 Å². The van der Waals surface area contributed by atoms with Gasteiger partial charge in [-0.1, -0.05) is 66.2 Å². The minimum atomic E-state index is 0.759. The SMILES string of the molecule is Clc1ccc2c(c1)Cc1ccccc1C(c1ccccc1)=N2. The van der Waals surface area contributed by atoms with E-state index >= 15 is 0 Å². The third-order valence-corrected chi connectivity index (χ3v) is 4.21. The first-order valence-electron chi connectivity index (χ1n) is 7.32. The second kappa shape index (κ2) is 5.43. The van der Waals surface area contributed by atoms with Crippen molar-refractivity contribution in [3.05, 3.63) is 100 Å². The van der Waals surface area contributed by atoms with E-state index in [1.165, 1.54) is 16.7 Å². The highest BCUT2D eigenvalue weighted by atomic mass is 35.5. The number of benzene rings is 3. The van der Waals surface area contributed by atoms with Crippen molar-refractivity contribution in [2.45, 2.75) is 6.42 Å². The van der Waals surface area contributed by atoms with Gasteiger partial charge in [-0.05, 0) is 29.3 Å². The van der Waals surface area contributed by atoms with Gasteiger partial charge in [-0.25, -0.2) is 4.99 Å². The standard InChI is InChI=1S/C20H14ClN/c21-17-10-11-19-16(13-17)12-15-8-4-5-9-18(15)20(22-19)14-6-2-1-3-7-14/h1-11,13H,12H2. The molecule has 0 unspecified atom stereocenters. The van der Waals surface area contributed by atoms with Crippen molar-refractivity contribution in [3.63, 3.8) is 0 Å². The summed E-state index contributed by atoms with van der Waals surface area (Å²) in [6.45, 7) is 0. The molecular formula is C20H14ClN. The van der Waals surface area contributed by atoms with Crippen LogP contribution in [0.15, 0.2) is 77.8 Å². The molecular weight excluding hydrogens is 290 g/mol. The normalized spacial score (nSPS) is 12.9. The Morgan fingerprint density at radius 1 is 0.773 bits per heavy atom. The van der Waals surface area contributed by atoms with Crippen LogP contribution in [0.25, 0.3) is 0 Å². The molecule has 0 aromatic heterocycles. The van der Waals surface area contributed by atoms with Crippen LogP contribution >= 0.6 is 11.6 Å². The predicted molar refractivity (Wildman–Crippen MR) is 92.4 cm³/mol. The smallest absolute Gasteiger partial charge is 0.0784 e. The van der Waals surface area contributed by atoms with Crippen LogP contribution in [-0.4, -0.2) is 5.71 Å². The summed E-state index contributed by atoms with van der Waals surface area (Å²) in [5, 5.41) is 0.759. The average molecular weight is 304 g/mol. The molecule has 3 aromatic carbocycles.